The molecule has 0 spiro atoms. The van der Waals surface area contributed by atoms with Crippen LogP contribution in [0.2, 0.25) is 0 Å². The van der Waals surface area contributed by atoms with Crippen LogP contribution in [0.5, 0.6) is 0 Å². The van der Waals surface area contributed by atoms with E-state index in [9.17, 15) is 18.0 Å². The summed E-state index contributed by atoms with van der Waals surface area (Å²) in [5.74, 6) is -0.551. The Morgan fingerprint density at radius 1 is 1.05 bits per heavy atom. The number of thiazole rings is 1. The lowest BCUT2D eigenvalue weighted by molar-refractivity contribution is -0.137. The average Bonchev–Trinajstić information content (AvgIpc) is 3.54. The first-order valence-electron chi connectivity index (χ1n) is 11.4. The fraction of sp³-hybridized carbons (Fsp3) is 0.111. The second kappa shape index (κ2) is 10.1. The fourth-order valence-corrected chi connectivity index (χ4v) is 4.46. The van der Waals surface area contributed by atoms with Crippen molar-refractivity contribution in [2.24, 2.45) is 0 Å². The molecule has 1 amide bonds. The van der Waals surface area contributed by atoms with Gasteiger partial charge in [-0.15, -0.1) is 11.3 Å². The standard InChI is InChI=1S/C27H21F3N6OS/c1-16-12-32-36(14-16)22-10-20(27(28,29)30)9-21(11-22)33-25(37)18-6-5-17(2)23(8-18)34-26-35-24(15-38-26)19-4-3-7-31-13-19/h3-15H,1-2H3,(H,33,37)(H,34,35). The van der Waals surface area contributed by atoms with Gasteiger partial charge in [0.25, 0.3) is 5.91 Å². The van der Waals surface area contributed by atoms with Gasteiger partial charge in [-0.3, -0.25) is 9.78 Å². The highest BCUT2D eigenvalue weighted by Crippen LogP contribution is 2.33. The average molecular weight is 535 g/mol. The summed E-state index contributed by atoms with van der Waals surface area (Å²) in [5, 5.41) is 12.4. The summed E-state index contributed by atoms with van der Waals surface area (Å²) in [6, 6.07) is 12.1. The minimum absolute atomic E-state index is 0.00379. The van der Waals surface area contributed by atoms with Gasteiger partial charge in [-0.05, 0) is 67.4 Å². The molecule has 3 heterocycles. The predicted octanol–water partition coefficient (Wildman–Crippen LogP) is 7.02. The molecule has 7 nitrogen and oxygen atoms in total. The Balaban J connectivity index is 1.39. The second-order valence-electron chi connectivity index (χ2n) is 8.62. The maximum Gasteiger partial charge on any atom is 0.416 e. The van der Waals surface area contributed by atoms with Gasteiger partial charge in [0.1, 0.15) is 0 Å². The third kappa shape index (κ3) is 5.57. The van der Waals surface area contributed by atoms with E-state index in [1.165, 1.54) is 22.1 Å². The number of halogens is 3. The van der Waals surface area contributed by atoms with E-state index in [-0.39, 0.29) is 16.9 Å². The number of carbonyl (C=O) groups excluding carboxylic acids is 1. The van der Waals surface area contributed by atoms with Crippen molar-refractivity contribution in [1.82, 2.24) is 19.7 Å². The van der Waals surface area contributed by atoms with Gasteiger partial charge in [0, 0.05) is 46.5 Å². The molecular formula is C27H21F3N6OS. The summed E-state index contributed by atoms with van der Waals surface area (Å²) >= 11 is 1.40. The number of hydrogen-bond donors (Lipinski definition) is 2. The van der Waals surface area contributed by atoms with E-state index in [2.05, 4.69) is 25.7 Å². The Kier molecular flexibility index (Phi) is 6.68. The third-order valence-corrected chi connectivity index (χ3v) is 6.44. The lowest BCUT2D eigenvalue weighted by Gasteiger charge is -2.14. The van der Waals surface area contributed by atoms with E-state index >= 15 is 0 Å². The molecule has 0 fully saturated rings. The first-order valence-corrected chi connectivity index (χ1v) is 12.3. The largest absolute Gasteiger partial charge is 0.416 e. The van der Waals surface area contributed by atoms with Gasteiger partial charge in [-0.25, -0.2) is 9.67 Å². The molecule has 11 heteroatoms. The van der Waals surface area contributed by atoms with Crippen LogP contribution in [0.3, 0.4) is 0 Å². The zero-order valence-electron chi connectivity index (χ0n) is 20.2. The van der Waals surface area contributed by atoms with Crippen molar-refractivity contribution in [3.8, 4) is 16.9 Å². The zero-order valence-corrected chi connectivity index (χ0v) is 21.1. The number of nitrogens with one attached hydrogen (secondary N) is 2. The summed E-state index contributed by atoms with van der Waals surface area (Å²) < 4.78 is 42.1. The van der Waals surface area contributed by atoms with Crippen LogP contribution in [0.15, 0.2) is 78.7 Å². The Hall–Kier alpha value is -4.51. The molecule has 0 saturated heterocycles. The topological polar surface area (TPSA) is 84.7 Å². The minimum atomic E-state index is -4.60. The normalized spacial score (nSPS) is 11.4. The fourth-order valence-electron chi connectivity index (χ4n) is 3.73. The maximum atomic E-state index is 13.6. The highest BCUT2D eigenvalue weighted by atomic mass is 32.1. The van der Waals surface area contributed by atoms with Crippen LogP contribution in [0.25, 0.3) is 16.9 Å². The number of nitrogens with zero attached hydrogens (tertiary/aromatic N) is 4. The highest BCUT2D eigenvalue weighted by molar-refractivity contribution is 7.14. The molecule has 0 unspecified atom stereocenters. The predicted molar refractivity (Wildman–Crippen MR) is 141 cm³/mol. The van der Waals surface area contributed by atoms with E-state index in [1.807, 2.05) is 24.4 Å². The van der Waals surface area contributed by atoms with E-state index in [0.29, 0.717) is 10.8 Å². The molecule has 0 aliphatic heterocycles. The van der Waals surface area contributed by atoms with Gasteiger partial charge in [0.15, 0.2) is 5.13 Å². The van der Waals surface area contributed by atoms with E-state index in [4.69, 9.17) is 0 Å². The molecule has 192 valence electrons. The molecule has 2 aromatic carbocycles. The molecule has 5 aromatic rings. The van der Waals surface area contributed by atoms with Crippen molar-refractivity contribution in [3.63, 3.8) is 0 Å². The molecule has 5 rings (SSSR count). The zero-order chi connectivity index (χ0) is 26.9. The first kappa shape index (κ1) is 25.2. The molecule has 0 radical (unpaired) electrons. The van der Waals surface area contributed by atoms with Gasteiger partial charge in [0.2, 0.25) is 0 Å². The van der Waals surface area contributed by atoms with Crippen molar-refractivity contribution in [2.75, 3.05) is 10.6 Å². The summed E-state index contributed by atoms with van der Waals surface area (Å²) in [6.45, 7) is 3.67. The number of pyridine rings is 1. The number of alkyl halides is 3. The quantitative estimate of drug-likeness (QED) is 0.245. The smallest absolute Gasteiger partial charge is 0.331 e. The molecule has 0 saturated carbocycles. The number of aromatic nitrogens is 4. The van der Waals surface area contributed by atoms with Crippen molar-refractivity contribution < 1.29 is 18.0 Å². The van der Waals surface area contributed by atoms with Crippen molar-refractivity contribution in [3.05, 3.63) is 101 Å². The van der Waals surface area contributed by atoms with Gasteiger partial charge >= 0.3 is 6.18 Å². The van der Waals surface area contributed by atoms with Crippen LogP contribution >= 0.6 is 11.3 Å². The molecule has 2 N–H and O–H groups in total. The number of hydrogen-bond acceptors (Lipinski definition) is 6. The number of benzene rings is 2. The van der Waals surface area contributed by atoms with Crippen LogP contribution in [-0.2, 0) is 6.18 Å². The van der Waals surface area contributed by atoms with Crippen LogP contribution < -0.4 is 10.6 Å². The van der Waals surface area contributed by atoms with Gasteiger partial charge < -0.3 is 10.6 Å². The summed E-state index contributed by atoms with van der Waals surface area (Å²) in [6.07, 6.45) is 1.97. The van der Waals surface area contributed by atoms with Gasteiger partial charge in [-0.2, -0.15) is 18.3 Å². The monoisotopic (exact) mass is 534 g/mol. The number of aryl methyl sites for hydroxylation is 2. The molecule has 38 heavy (non-hydrogen) atoms. The SMILES string of the molecule is Cc1cnn(-c2cc(NC(=O)c3ccc(C)c(Nc4nc(-c5cccnc5)cs4)c3)cc(C(F)(F)F)c2)c1. The number of anilines is 3. The second-order valence-corrected chi connectivity index (χ2v) is 9.48. The van der Waals surface area contributed by atoms with E-state index in [0.717, 1.165) is 34.5 Å². The number of amides is 1. The van der Waals surface area contributed by atoms with Crippen LogP contribution in [0.4, 0.5) is 29.7 Å². The van der Waals surface area contributed by atoms with Crippen molar-refractivity contribution in [1.29, 1.82) is 0 Å². The molecule has 3 aromatic heterocycles. The third-order valence-electron chi connectivity index (χ3n) is 5.68. The summed E-state index contributed by atoms with van der Waals surface area (Å²) in [7, 11) is 0. The minimum Gasteiger partial charge on any atom is -0.331 e. The van der Waals surface area contributed by atoms with E-state index < -0.39 is 17.6 Å². The summed E-state index contributed by atoms with van der Waals surface area (Å²) in [5.41, 5.74) is 3.54. The van der Waals surface area contributed by atoms with Crippen molar-refractivity contribution >= 4 is 33.8 Å². The molecule has 0 aliphatic rings. The van der Waals surface area contributed by atoms with Crippen LogP contribution in [0.1, 0.15) is 27.0 Å². The molecule has 0 aliphatic carbocycles. The van der Waals surface area contributed by atoms with Gasteiger partial charge in [-0.1, -0.05) is 6.07 Å². The Morgan fingerprint density at radius 2 is 1.89 bits per heavy atom. The lowest BCUT2D eigenvalue weighted by Crippen LogP contribution is -2.14. The Morgan fingerprint density at radius 3 is 2.61 bits per heavy atom. The maximum absolute atomic E-state index is 13.6. The van der Waals surface area contributed by atoms with Crippen molar-refractivity contribution in [2.45, 2.75) is 20.0 Å². The first-order chi connectivity index (χ1) is 18.2. The number of rotatable bonds is 6. The van der Waals surface area contributed by atoms with E-state index in [1.54, 1.807) is 49.9 Å². The Bertz CT molecular complexity index is 1610. The van der Waals surface area contributed by atoms with Gasteiger partial charge in [0.05, 0.1) is 23.1 Å². The van der Waals surface area contributed by atoms with Crippen LogP contribution in [0, 0.1) is 13.8 Å². The molecule has 0 bridgehead atoms. The highest BCUT2D eigenvalue weighted by Gasteiger charge is 2.31. The van der Waals surface area contributed by atoms with Crippen LogP contribution in [-0.4, -0.2) is 25.7 Å². The molecular weight excluding hydrogens is 513 g/mol. The summed E-state index contributed by atoms with van der Waals surface area (Å²) in [4.78, 5) is 21.8. The lowest BCUT2D eigenvalue weighted by atomic mass is 10.1. The Labute approximate surface area is 220 Å². The molecule has 0 atom stereocenters. The number of carbonyl (C=O) groups is 1.